The van der Waals surface area contributed by atoms with Crippen molar-refractivity contribution in [3.05, 3.63) is 95.4 Å². The smallest absolute Gasteiger partial charge is 0.339 e. The highest BCUT2D eigenvalue weighted by molar-refractivity contribution is 6.14. The normalized spacial score (nSPS) is 11.5. The Kier molecular flexibility index (Phi) is 6.01. The molecular weight excluding hydrogens is 358 g/mol. The number of benzene rings is 2. The van der Waals surface area contributed by atoms with Gasteiger partial charge in [-0.15, -0.1) is 0 Å². The quantitative estimate of drug-likeness (QED) is 0.504. The van der Waals surface area contributed by atoms with Crippen molar-refractivity contribution in [3.8, 4) is 0 Å². The van der Waals surface area contributed by atoms with Gasteiger partial charge in [-0.05, 0) is 25.1 Å². The first kappa shape index (κ1) is 19.1. The fraction of sp³-hybridized carbons (Fsp3) is 0.136. The number of carbonyl (C=O) groups excluding carboxylic acids is 3. The third-order valence-electron chi connectivity index (χ3n) is 4.10. The predicted octanol–water partition coefficient (Wildman–Crippen LogP) is 3.37. The minimum atomic E-state index is -1.03. The lowest BCUT2D eigenvalue weighted by molar-refractivity contribution is -0.129. The minimum absolute atomic E-state index is 0.113. The highest BCUT2D eigenvalue weighted by atomic mass is 16.5. The molecule has 0 aliphatic heterocycles. The van der Waals surface area contributed by atoms with E-state index in [0.29, 0.717) is 11.3 Å². The molecule has 1 heterocycles. The highest BCUT2D eigenvalue weighted by Gasteiger charge is 2.23. The summed E-state index contributed by atoms with van der Waals surface area (Å²) in [5.41, 5.74) is 0.802. The van der Waals surface area contributed by atoms with Crippen LogP contribution in [0.1, 0.15) is 39.0 Å². The topological polar surface area (TPSA) is 85.6 Å². The second-order valence-corrected chi connectivity index (χ2v) is 6.09. The van der Waals surface area contributed by atoms with Gasteiger partial charge in [-0.3, -0.25) is 9.59 Å². The first-order chi connectivity index (χ1) is 13.6. The zero-order valence-corrected chi connectivity index (χ0v) is 15.3. The van der Waals surface area contributed by atoms with E-state index in [-0.39, 0.29) is 23.5 Å². The molecule has 0 saturated heterocycles. The Labute approximate surface area is 162 Å². The van der Waals surface area contributed by atoms with Crippen LogP contribution in [-0.2, 0) is 16.1 Å². The molecule has 3 aromatic rings. The van der Waals surface area contributed by atoms with Crippen molar-refractivity contribution in [1.29, 1.82) is 0 Å². The zero-order valence-electron chi connectivity index (χ0n) is 15.3. The first-order valence-corrected chi connectivity index (χ1v) is 8.76. The van der Waals surface area contributed by atoms with Crippen LogP contribution in [0, 0.1) is 0 Å². The first-order valence-electron chi connectivity index (χ1n) is 8.76. The summed E-state index contributed by atoms with van der Waals surface area (Å²) in [6.07, 6.45) is 0.480. The van der Waals surface area contributed by atoms with Crippen LogP contribution in [0.4, 0.5) is 0 Å². The van der Waals surface area contributed by atoms with Crippen molar-refractivity contribution in [2.24, 2.45) is 0 Å². The molecule has 0 fully saturated rings. The van der Waals surface area contributed by atoms with Gasteiger partial charge in [0.1, 0.15) is 5.76 Å². The maximum absolute atomic E-state index is 12.7. The molecule has 6 nitrogen and oxygen atoms in total. The summed E-state index contributed by atoms with van der Waals surface area (Å²) in [7, 11) is 0. The van der Waals surface area contributed by atoms with Crippen LogP contribution < -0.4 is 5.32 Å². The van der Waals surface area contributed by atoms with E-state index in [1.54, 1.807) is 60.7 Å². The maximum atomic E-state index is 12.7. The second-order valence-electron chi connectivity index (χ2n) is 6.09. The second kappa shape index (κ2) is 8.81. The zero-order chi connectivity index (χ0) is 19.9. The van der Waals surface area contributed by atoms with Crippen molar-refractivity contribution in [1.82, 2.24) is 5.32 Å². The Bertz CT molecular complexity index is 964. The number of hydrogen-bond acceptors (Lipinski definition) is 5. The molecule has 28 heavy (non-hydrogen) atoms. The molecule has 3 rings (SSSR count). The van der Waals surface area contributed by atoms with Crippen molar-refractivity contribution in [2.45, 2.75) is 19.6 Å². The molecule has 1 atom stereocenters. The van der Waals surface area contributed by atoms with E-state index in [1.807, 2.05) is 0 Å². The summed E-state index contributed by atoms with van der Waals surface area (Å²) in [6, 6.07) is 18.5. The summed E-state index contributed by atoms with van der Waals surface area (Å²) in [5.74, 6) is -0.897. The Morgan fingerprint density at radius 1 is 0.929 bits per heavy atom. The Morgan fingerprint density at radius 3 is 2.29 bits per heavy atom. The molecule has 2 aromatic carbocycles. The van der Waals surface area contributed by atoms with Crippen LogP contribution in [0.3, 0.4) is 0 Å². The predicted molar refractivity (Wildman–Crippen MR) is 102 cm³/mol. The standard InChI is InChI=1S/C22H19NO5/c1-15(21(25)23-14-17-10-7-13-27-17)28-22(26)19-12-6-5-11-18(19)20(24)16-8-3-2-4-9-16/h2-13,15H,14H2,1H3,(H,23,25)/t15-/m1/s1. The number of carbonyl (C=O) groups is 3. The number of furan rings is 1. The molecule has 0 bridgehead atoms. The minimum Gasteiger partial charge on any atom is -0.467 e. The third kappa shape index (κ3) is 4.54. The number of amides is 1. The van der Waals surface area contributed by atoms with Crippen LogP contribution in [0.25, 0.3) is 0 Å². The molecule has 0 aliphatic carbocycles. The van der Waals surface area contributed by atoms with Crippen molar-refractivity contribution >= 4 is 17.7 Å². The monoisotopic (exact) mass is 377 g/mol. The van der Waals surface area contributed by atoms with E-state index in [4.69, 9.17) is 9.15 Å². The number of rotatable bonds is 7. The van der Waals surface area contributed by atoms with Crippen molar-refractivity contribution in [2.75, 3.05) is 0 Å². The summed E-state index contributed by atoms with van der Waals surface area (Å²) >= 11 is 0. The Balaban J connectivity index is 1.69. The van der Waals surface area contributed by atoms with Crippen LogP contribution >= 0.6 is 0 Å². The van der Waals surface area contributed by atoms with E-state index in [2.05, 4.69) is 5.32 Å². The molecule has 0 radical (unpaired) electrons. The van der Waals surface area contributed by atoms with Crippen LogP contribution in [0.2, 0.25) is 0 Å². The highest BCUT2D eigenvalue weighted by Crippen LogP contribution is 2.16. The molecule has 0 aliphatic rings. The molecule has 0 saturated carbocycles. The SMILES string of the molecule is C[C@@H](OC(=O)c1ccccc1C(=O)c1ccccc1)C(=O)NCc1ccco1. The summed E-state index contributed by atoms with van der Waals surface area (Å²) < 4.78 is 10.4. The fourth-order valence-corrected chi connectivity index (χ4v) is 2.61. The van der Waals surface area contributed by atoms with E-state index >= 15 is 0 Å². The van der Waals surface area contributed by atoms with Gasteiger partial charge in [0.25, 0.3) is 5.91 Å². The largest absolute Gasteiger partial charge is 0.467 e. The number of ether oxygens (including phenoxy) is 1. The molecule has 1 N–H and O–H groups in total. The molecule has 6 heteroatoms. The molecule has 142 valence electrons. The van der Waals surface area contributed by atoms with Gasteiger partial charge in [0.15, 0.2) is 11.9 Å². The van der Waals surface area contributed by atoms with Gasteiger partial charge < -0.3 is 14.5 Å². The summed E-state index contributed by atoms with van der Waals surface area (Å²) in [5, 5.41) is 2.63. The maximum Gasteiger partial charge on any atom is 0.339 e. The fourth-order valence-electron chi connectivity index (χ4n) is 2.61. The van der Waals surface area contributed by atoms with Crippen LogP contribution in [-0.4, -0.2) is 23.8 Å². The van der Waals surface area contributed by atoms with Gasteiger partial charge in [0.05, 0.1) is 18.4 Å². The van der Waals surface area contributed by atoms with Crippen molar-refractivity contribution in [3.63, 3.8) is 0 Å². The van der Waals surface area contributed by atoms with Crippen LogP contribution in [0.15, 0.2) is 77.4 Å². The average Bonchev–Trinajstić information content (AvgIpc) is 3.25. The van der Waals surface area contributed by atoms with Gasteiger partial charge in [-0.25, -0.2) is 4.79 Å². The van der Waals surface area contributed by atoms with Gasteiger partial charge in [0.2, 0.25) is 0 Å². The number of ketones is 1. The van der Waals surface area contributed by atoms with Gasteiger partial charge >= 0.3 is 5.97 Å². The van der Waals surface area contributed by atoms with E-state index in [1.165, 1.54) is 19.3 Å². The third-order valence-corrected chi connectivity index (χ3v) is 4.10. The number of esters is 1. The van der Waals surface area contributed by atoms with Crippen LogP contribution in [0.5, 0.6) is 0 Å². The molecule has 0 spiro atoms. The van der Waals surface area contributed by atoms with Gasteiger partial charge in [-0.2, -0.15) is 0 Å². The van der Waals surface area contributed by atoms with Crippen molar-refractivity contribution < 1.29 is 23.5 Å². The lowest BCUT2D eigenvalue weighted by Gasteiger charge is -2.14. The lowest BCUT2D eigenvalue weighted by atomic mass is 9.98. The van der Waals surface area contributed by atoms with E-state index in [9.17, 15) is 14.4 Å². The van der Waals surface area contributed by atoms with Gasteiger partial charge in [0, 0.05) is 11.1 Å². The molecular formula is C22H19NO5. The van der Waals surface area contributed by atoms with E-state index in [0.717, 1.165) is 0 Å². The Morgan fingerprint density at radius 2 is 1.61 bits per heavy atom. The molecule has 0 unspecified atom stereocenters. The van der Waals surface area contributed by atoms with Gasteiger partial charge in [-0.1, -0.05) is 48.5 Å². The summed E-state index contributed by atoms with van der Waals surface area (Å²) in [4.78, 5) is 37.5. The number of nitrogens with one attached hydrogen (secondary N) is 1. The summed E-state index contributed by atoms with van der Waals surface area (Å²) in [6.45, 7) is 1.66. The average molecular weight is 377 g/mol. The molecule has 1 amide bonds. The number of hydrogen-bond donors (Lipinski definition) is 1. The Hall–Kier alpha value is -3.67. The molecule has 1 aromatic heterocycles. The lowest BCUT2D eigenvalue weighted by Crippen LogP contribution is -2.35. The van der Waals surface area contributed by atoms with E-state index < -0.39 is 18.0 Å².